The lowest BCUT2D eigenvalue weighted by atomic mass is 10.1. The highest BCUT2D eigenvalue weighted by Crippen LogP contribution is 2.34. The van der Waals surface area contributed by atoms with Crippen LogP contribution in [0.2, 0.25) is 0 Å². The van der Waals surface area contributed by atoms with Crippen LogP contribution in [0.5, 0.6) is 0 Å². The summed E-state index contributed by atoms with van der Waals surface area (Å²) in [6, 6.07) is 10.0. The van der Waals surface area contributed by atoms with E-state index in [1.54, 1.807) is 18.3 Å². The third kappa shape index (κ3) is 6.11. The average molecular weight is 530 g/mol. The first kappa shape index (κ1) is 27.0. The van der Waals surface area contributed by atoms with Crippen molar-refractivity contribution < 1.29 is 18.1 Å². The predicted octanol–water partition coefficient (Wildman–Crippen LogP) is 4.20. The molecule has 0 radical (unpaired) electrons. The maximum absolute atomic E-state index is 13.7. The number of nitro groups is 1. The maximum Gasteiger partial charge on any atom is 0.270 e. The zero-order valence-electron chi connectivity index (χ0n) is 21.5. The summed E-state index contributed by atoms with van der Waals surface area (Å²) in [4.78, 5) is 20.1. The Morgan fingerprint density at radius 1 is 1.03 bits per heavy atom. The number of non-ortho nitro benzene ring substituents is 1. The molecule has 0 bridgehead atoms. The van der Waals surface area contributed by atoms with Gasteiger partial charge < -0.3 is 14.5 Å². The normalized spacial score (nSPS) is 17.3. The number of sulfonamides is 1. The summed E-state index contributed by atoms with van der Waals surface area (Å²) in [5.41, 5.74) is 2.60. The minimum atomic E-state index is -3.75. The van der Waals surface area contributed by atoms with E-state index < -0.39 is 14.9 Å². The number of aliphatic imine (C=N–C) groups is 1. The van der Waals surface area contributed by atoms with Gasteiger partial charge in [-0.15, -0.1) is 0 Å². The van der Waals surface area contributed by atoms with Crippen LogP contribution in [-0.2, 0) is 14.8 Å². The molecule has 0 N–H and O–H groups in total. The van der Waals surface area contributed by atoms with Crippen LogP contribution in [0, 0.1) is 10.1 Å². The third-order valence-corrected chi connectivity index (χ3v) is 8.83. The number of anilines is 2. The van der Waals surface area contributed by atoms with E-state index in [-0.39, 0.29) is 10.6 Å². The molecule has 2 aromatic rings. The van der Waals surface area contributed by atoms with Crippen LogP contribution in [-0.4, -0.2) is 76.3 Å². The molecule has 2 aliphatic heterocycles. The number of rotatable bonds is 9. The minimum absolute atomic E-state index is 0.0200. The Morgan fingerprint density at radius 3 is 2.38 bits per heavy atom. The standard InChI is InChI=1S/C26H35N5O5S/c1-3-28(4-2)24-11-9-23(31(32)33)18-21(24)20-27-22-8-10-25(29-12-6-5-7-13-29)26(19-22)37(34,35)30-14-16-36-17-15-30/h8-11,18-20H,3-7,12-17H2,1-2H3. The lowest BCUT2D eigenvalue weighted by molar-refractivity contribution is -0.384. The van der Waals surface area contributed by atoms with E-state index in [1.165, 1.54) is 16.4 Å². The molecule has 0 atom stereocenters. The van der Waals surface area contributed by atoms with Gasteiger partial charge in [0.1, 0.15) is 4.90 Å². The molecule has 0 amide bonds. The predicted molar refractivity (Wildman–Crippen MR) is 146 cm³/mol. The molecule has 4 rings (SSSR count). The van der Waals surface area contributed by atoms with Crippen molar-refractivity contribution in [2.75, 3.05) is 62.3 Å². The molecular formula is C26H35N5O5S. The fourth-order valence-electron chi connectivity index (χ4n) is 4.87. The Balaban J connectivity index is 1.75. The van der Waals surface area contributed by atoms with Crippen molar-refractivity contribution in [1.29, 1.82) is 0 Å². The first-order valence-electron chi connectivity index (χ1n) is 12.9. The number of nitro benzene ring substituents is 1. The molecule has 37 heavy (non-hydrogen) atoms. The van der Waals surface area contributed by atoms with E-state index in [1.807, 2.05) is 26.0 Å². The van der Waals surface area contributed by atoms with Gasteiger partial charge in [0.15, 0.2) is 0 Å². The van der Waals surface area contributed by atoms with Crippen molar-refractivity contribution in [3.05, 3.63) is 52.1 Å². The van der Waals surface area contributed by atoms with Gasteiger partial charge in [-0.3, -0.25) is 15.1 Å². The van der Waals surface area contributed by atoms with E-state index in [9.17, 15) is 18.5 Å². The molecular weight excluding hydrogens is 494 g/mol. The molecule has 10 nitrogen and oxygen atoms in total. The molecule has 2 aromatic carbocycles. The quantitative estimate of drug-likeness (QED) is 0.272. The molecule has 0 spiro atoms. The molecule has 2 aliphatic rings. The van der Waals surface area contributed by atoms with Crippen molar-refractivity contribution in [1.82, 2.24) is 4.31 Å². The summed E-state index contributed by atoms with van der Waals surface area (Å²) in [5, 5.41) is 11.4. The summed E-state index contributed by atoms with van der Waals surface area (Å²) in [6.07, 6.45) is 4.78. The van der Waals surface area contributed by atoms with Crippen molar-refractivity contribution in [2.45, 2.75) is 38.0 Å². The first-order valence-corrected chi connectivity index (χ1v) is 14.3. The van der Waals surface area contributed by atoms with Gasteiger partial charge in [0, 0.05) is 68.9 Å². The fourth-order valence-corrected chi connectivity index (χ4v) is 6.51. The second-order valence-electron chi connectivity index (χ2n) is 9.15. The highest BCUT2D eigenvalue weighted by molar-refractivity contribution is 7.89. The van der Waals surface area contributed by atoms with Crippen molar-refractivity contribution >= 4 is 39.0 Å². The topological polar surface area (TPSA) is 109 Å². The summed E-state index contributed by atoms with van der Waals surface area (Å²) in [6.45, 7) is 8.52. The van der Waals surface area contributed by atoms with Gasteiger partial charge in [-0.25, -0.2) is 8.42 Å². The van der Waals surface area contributed by atoms with Gasteiger partial charge in [0.05, 0.1) is 29.5 Å². The monoisotopic (exact) mass is 529 g/mol. The molecule has 0 saturated carbocycles. The van der Waals surface area contributed by atoms with Crippen LogP contribution >= 0.6 is 0 Å². The summed E-state index contributed by atoms with van der Waals surface area (Å²) >= 11 is 0. The highest BCUT2D eigenvalue weighted by Gasteiger charge is 2.31. The largest absolute Gasteiger partial charge is 0.379 e. The fraction of sp³-hybridized carbons (Fsp3) is 0.500. The Hall–Kier alpha value is -3.02. The lowest BCUT2D eigenvalue weighted by Gasteiger charge is -2.32. The van der Waals surface area contributed by atoms with Gasteiger partial charge >= 0.3 is 0 Å². The summed E-state index contributed by atoms with van der Waals surface area (Å²) < 4.78 is 34.3. The number of nitrogens with zero attached hydrogens (tertiary/aromatic N) is 5. The number of hydrogen-bond acceptors (Lipinski definition) is 8. The molecule has 2 saturated heterocycles. The number of morpholine rings is 1. The van der Waals surface area contributed by atoms with Crippen molar-refractivity contribution in [3.63, 3.8) is 0 Å². The second-order valence-corrected chi connectivity index (χ2v) is 11.1. The second kappa shape index (κ2) is 12.0. The van der Waals surface area contributed by atoms with Crippen LogP contribution in [0.4, 0.5) is 22.7 Å². The van der Waals surface area contributed by atoms with E-state index in [2.05, 4.69) is 14.8 Å². The smallest absolute Gasteiger partial charge is 0.270 e. The first-order chi connectivity index (χ1) is 17.8. The number of hydrogen-bond donors (Lipinski definition) is 0. The van der Waals surface area contributed by atoms with Gasteiger partial charge in [-0.2, -0.15) is 4.31 Å². The molecule has 200 valence electrons. The molecule has 2 fully saturated rings. The summed E-state index contributed by atoms with van der Waals surface area (Å²) in [5.74, 6) is 0. The van der Waals surface area contributed by atoms with Gasteiger partial charge in [-0.05, 0) is 57.4 Å². The SMILES string of the molecule is CCN(CC)c1ccc([N+](=O)[O-])cc1C=Nc1ccc(N2CCCCC2)c(S(=O)(=O)N2CCOCC2)c1. The van der Waals surface area contributed by atoms with Crippen LogP contribution in [0.1, 0.15) is 38.7 Å². The minimum Gasteiger partial charge on any atom is -0.379 e. The van der Waals surface area contributed by atoms with Crippen LogP contribution in [0.25, 0.3) is 0 Å². The van der Waals surface area contributed by atoms with Gasteiger partial charge in [-0.1, -0.05) is 0 Å². The van der Waals surface area contributed by atoms with E-state index >= 15 is 0 Å². The molecule has 2 heterocycles. The Kier molecular flexibility index (Phi) is 8.78. The molecule has 0 aliphatic carbocycles. The lowest BCUT2D eigenvalue weighted by Crippen LogP contribution is -2.41. The van der Waals surface area contributed by atoms with Crippen LogP contribution in [0.3, 0.4) is 0 Å². The van der Waals surface area contributed by atoms with Crippen LogP contribution < -0.4 is 9.80 Å². The Labute approximate surface area is 218 Å². The summed E-state index contributed by atoms with van der Waals surface area (Å²) in [7, 11) is -3.75. The Morgan fingerprint density at radius 2 is 1.73 bits per heavy atom. The van der Waals surface area contributed by atoms with Gasteiger partial charge in [0.25, 0.3) is 5.69 Å². The third-order valence-electron chi connectivity index (χ3n) is 6.91. The van der Waals surface area contributed by atoms with Gasteiger partial charge in [0.2, 0.25) is 10.0 Å². The zero-order valence-corrected chi connectivity index (χ0v) is 22.3. The number of piperidine rings is 1. The number of ether oxygens (including phenoxy) is 1. The van der Waals surface area contributed by atoms with Crippen molar-refractivity contribution in [2.24, 2.45) is 4.99 Å². The van der Waals surface area contributed by atoms with Crippen molar-refractivity contribution in [3.8, 4) is 0 Å². The maximum atomic E-state index is 13.7. The average Bonchev–Trinajstić information content (AvgIpc) is 2.93. The Bertz CT molecular complexity index is 1230. The highest BCUT2D eigenvalue weighted by atomic mass is 32.2. The molecule has 0 unspecified atom stereocenters. The number of benzene rings is 2. The zero-order chi connectivity index (χ0) is 26.4. The van der Waals surface area contributed by atoms with E-state index in [4.69, 9.17) is 4.74 Å². The molecule has 0 aromatic heterocycles. The van der Waals surface area contributed by atoms with E-state index in [0.29, 0.717) is 43.2 Å². The molecule has 11 heteroatoms. The van der Waals surface area contributed by atoms with Crippen LogP contribution in [0.15, 0.2) is 46.3 Å². The van der Waals surface area contributed by atoms with E-state index in [0.717, 1.165) is 51.1 Å².